The Balaban J connectivity index is 0. The van der Waals surface area contributed by atoms with Gasteiger partial charge in [0.05, 0.1) is 18.4 Å². The van der Waals surface area contributed by atoms with Crippen molar-refractivity contribution in [3.05, 3.63) is 12.3 Å². The molecule has 0 rings (SSSR count). The average molecular weight is 93.1 g/mol. The number of rotatable bonds is 0. The van der Waals surface area contributed by atoms with Gasteiger partial charge in [0, 0.05) is 0 Å². The van der Waals surface area contributed by atoms with Crippen LogP contribution in [0.3, 0.4) is 0 Å². The van der Waals surface area contributed by atoms with E-state index in [1.54, 1.807) is 6.07 Å². The molecule has 0 bridgehead atoms. The summed E-state index contributed by atoms with van der Waals surface area (Å²) in [5.41, 5.74) is 0. The van der Waals surface area contributed by atoms with E-state index in [9.17, 15) is 0 Å². The van der Waals surface area contributed by atoms with Gasteiger partial charge in [0.2, 0.25) is 0 Å². The van der Waals surface area contributed by atoms with Crippen molar-refractivity contribution in [3.8, 4) is 6.07 Å². The van der Waals surface area contributed by atoms with Crippen molar-refractivity contribution in [1.29, 1.82) is 5.26 Å². The number of hydrogen-bond acceptors (Lipinski definition) is 2. The second kappa shape index (κ2) is 8.90. The summed E-state index contributed by atoms with van der Waals surface area (Å²) in [5.74, 6) is 0. The fourth-order valence-electron chi connectivity index (χ4n) is 0.0333. The molecule has 0 heterocycles. The summed E-state index contributed by atoms with van der Waals surface area (Å²) in [5, 5.41) is 15.2. The molecular formula is C3H4NNaO. The summed E-state index contributed by atoms with van der Waals surface area (Å²) in [6.07, 6.45) is 1.68. The van der Waals surface area contributed by atoms with Gasteiger partial charge in [-0.05, 0) is 0 Å². The van der Waals surface area contributed by atoms with Crippen LogP contribution in [0.2, 0.25) is 0 Å². The molecule has 0 aromatic heterocycles. The number of hydrogen-bond donors (Lipinski definition) is 1. The van der Waals surface area contributed by atoms with Gasteiger partial charge in [0.25, 0.3) is 0 Å². The Morgan fingerprint density at radius 2 is 2.17 bits per heavy atom. The molecule has 1 N–H and O–H groups in total. The fourth-order valence-corrected chi connectivity index (χ4v) is 0.0333. The molecule has 0 spiro atoms. The molecule has 0 fully saturated rings. The van der Waals surface area contributed by atoms with Gasteiger partial charge in [-0.1, -0.05) is 0 Å². The molecule has 0 unspecified atom stereocenters. The Labute approximate surface area is 58.4 Å². The van der Waals surface area contributed by atoms with Gasteiger partial charge in [-0.2, -0.15) is 5.26 Å². The standard InChI is InChI=1S/C3H3NO.Na.H/c4-2-1-3-5;;/h1,3,5H;;. The molecule has 0 amide bonds. The van der Waals surface area contributed by atoms with Gasteiger partial charge in [-0.15, -0.1) is 0 Å². The molecule has 3 heteroatoms. The molecule has 0 saturated carbocycles. The zero-order valence-corrected chi connectivity index (χ0v) is 2.55. The number of aliphatic hydroxyl groups excluding tert-OH is 1. The molecule has 0 aromatic carbocycles. The summed E-state index contributed by atoms with van der Waals surface area (Å²) in [4.78, 5) is 0. The second-order valence-corrected chi connectivity index (χ2v) is 0.445. The molecule has 0 aliphatic rings. The molecule has 28 valence electrons. The quantitative estimate of drug-likeness (QED) is 0.259. The predicted octanol–water partition coefficient (Wildman–Crippen LogP) is -0.0668. The van der Waals surface area contributed by atoms with Crippen LogP contribution in [0.4, 0.5) is 0 Å². The van der Waals surface area contributed by atoms with E-state index in [1.807, 2.05) is 0 Å². The van der Waals surface area contributed by atoms with Crippen LogP contribution in [0.5, 0.6) is 0 Å². The Hall–Kier alpha value is 0.0300. The van der Waals surface area contributed by atoms with Crippen LogP contribution >= 0.6 is 0 Å². The number of nitriles is 1. The number of aliphatic hydroxyl groups is 1. The summed E-state index contributed by atoms with van der Waals surface area (Å²) >= 11 is 0. The zero-order chi connectivity index (χ0) is 4.12. The van der Waals surface area contributed by atoms with Gasteiger partial charge in [-0.3, -0.25) is 0 Å². The molecule has 0 atom stereocenters. The molecule has 6 heavy (non-hydrogen) atoms. The average Bonchev–Trinajstić information content (AvgIpc) is 1.41. The summed E-state index contributed by atoms with van der Waals surface area (Å²) in [6.45, 7) is 0. The van der Waals surface area contributed by atoms with Gasteiger partial charge in [-0.25, -0.2) is 0 Å². The van der Waals surface area contributed by atoms with Crippen molar-refractivity contribution in [2.75, 3.05) is 0 Å². The topological polar surface area (TPSA) is 44.0 Å². The summed E-state index contributed by atoms with van der Waals surface area (Å²) in [7, 11) is 0. The third-order valence-electron chi connectivity index (χ3n) is 0.149. The van der Waals surface area contributed by atoms with Gasteiger partial charge < -0.3 is 5.11 Å². The Morgan fingerprint density at radius 1 is 1.67 bits per heavy atom. The minimum atomic E-state index is 0. The van der Waals surface area contributed by atoms with Crippen molar-refractivity contribution >= 4 is 29.6 Å². The molecule has 0 aromatic rings. The van der Waals surface area contributed by atoms with E-state index >= 15 is 0 Å². The molecular weight excluding hydrogens is 89.0 g/mol. The SMILES string of the molecule is N#CC=CO.[NaH]. The maximum atomic E-state index is 7.66. The molecule has 0 saturated heterocycles. The van der Waals surface area contributed by atoms with Gasteiger partial charge in [0.1, 0.15) is 0 Å². The van der Waals surface area contributed by atoms with Crippen LogP contribution in [0.25, 0.3) is 0 Å². The van der Waals surface area contributed by atoms with Crippen molar-refractivity contribution in [2.24, 2.45) is 0 Å². The molecule has 0 aliphatic carbocycles. The van der Waals surface area contributed by atoms with Crippen molar-refractivity contribution in [3.63, 3.8) is 0 Å². The first-order valence-electron chi connectivity index (χ1n) is 1.10. The first-order valence-corrected chi connectivity index (χ1v) is 1.10. The Morgan fingerprint density at radius 3 is 2.17 bits per heavy atom. The van der Waals surface area contributed by atoms with E-state index in [1.165, 1.54) is 0 Å². The van der Waals surface area contributed by atoms with Crippen molar-refractivity contribution in [1.82, 2.24) is 0 Å². The zero-order valence-electron chi connectivity index (χ0n) is 2.55. The monoisotopic (exact) mass is 93.0 g/mol. The first kappa shape index (κ1) is 9.39. The van der Waals surface area contributed by atoms with E-state index in [0.717, 1.165) is 6.08 Å². The number of allylic oxidation sites excluding steroid dienone is 1. The van der Waals surface area contributed by atoms with Crippen LogP contribution in [0.1, 0.15) is 0 Å². The molecule has 0 radical (unpaired) electrons. The summed E-state index contributed by atoms with van der Waals surface area (Å²) in [6, 6.07) is 1.59. The van der Waals surface area contributed by atoms with E-state index in [-0.39, 0.29) is 29.6 Å². The van der Waals surface area contributed by atoms with E-state index in [4.69, 9.17) is 10.4 Å². The van der Waals surface area contributed by atoms with E-state index < -0.39 is 0 Å². The Bertz CT molecular complexity index is 73.4. The normalized spacial score (nSPS) is 6.50. The predicted molar refractivity (Wildman–Crippen MR) is 24.5 cm³/mol. The van der Waals surface area contributed by atoms with E-state index in [0.29, 0.717) is 6.26 Å². The number of nitrogens with zero attached hydrogens (tertiary/aromatic N) is 1. The van der Waals surface area contributed by atoms with Crippen molar-refractivity contribution in [2.45, 2.75) is 0 Å². The van der Waals surface area contributed by atoms with E-state index in [2.05, 4.69) is 0 Å². The third kappa shape index (κ3) is 8.98. The molecule has 2 nitrogen and oxygen atoms in total. The minimum absolute atomic E-state index is 0. The van der Waals surface area contributed by atoms with Crippen LogP contribution in [0.15, 0.2) is 12.3 Å². The Kier molecular flexibility index (Phi) is 13.9. The third-order valence-corrected chi connectivity index (χ3v) is 0.149. The summed E-state index contributed by atoms with van der Waals surface area (Å²) < 4.78 is 0. The second-order valence-electron chi connectivity index (χ2n) is 0.445. The van der Waals surface area contributed by atoms with Crippen LogP contribution in [-0.2, 0) is 0 Å². The maximum absolute atomic E-state index is 7.66. The van der Waals surface area contributed by atoms with Crippen molar-refractivity contribution < 1.29 is 5.11 Å². The van der Waals surface area contributed by atoms with Gasteiger partial charge >= 0.3 is 29.6 Å². The molecule has 0 aliphatic heterocycles. The van der Waals surface area contributed by atoms with Gasteiger partial charge in [0.15, 0.2) is 0 Å². The fraction of sp³-hybridized carbons (Fsp3) is 0. The first-order chi connectivity index (χ1) is 2.41. The van der Waals surface area contributed by atoms with Crippen LogP contribution in [0, 0.1) is 11.3 Å². The van der Waals surface area contributed by atoms with Crippen LogP contribution in [-0.4, -0.2) is 34.7 Å². The van der Waals surface area contributed by atoms with Crippen LogP contribution < -0.4 is 0 Å².